The predicted octanol–water partition coefficient (Wildman–Crippen LogP) is 5.51. The molecular formula is C21H19N3S. The lowest BCUT2D eigenvalue weighted by atomic mass is 10.1. The molecule has 0 N–H and O–H groups in total. The van der Waals surface area contributed by atoms with E-state index in [2.05, 4.69) is 83.1 Å². The summed E-state index contributed by atoms with van der Waals surface area (Å²) in [6.45, 7) is 4.26. The summed E-state index contributed by atoms with van der Waals surface area (Å²) in [5.41, 5.74) is 5.67. The smallest absolute Gasteiger partial charge is 0.149 e. The Bertz CT molecular complexity index is 1020. The largest absolute Gasteiger partial charge is 0.301 e. The number of thioether (sulfide) groups is 1. The van der Waals surface area contributed by atoms with Crippen molar-refractivity contribution in [3.05, 3.63) is 72.7 Å². The van der Waals surface area contributed by atoms with Crippen LogP contribution in [0.5, 0.6) is 0 Å². The van der Waals surface area contributed by atoms with Crippen LogP contribution < -0.4 is 0 Å². The Morgan fingerprint density at radius 2 is 1.84 bits per heavy atom. The molecule has 0 saturated heterocycles. The molecule has 0 bridgehead atoms. The number of rotatable bonds is 4. The maximum atomic E-state index is 4.61. The van der Waals surface area contributed by atoms with Crippen molar-refractivity contribution < 1.29 is 0 Å². The van der Waals surface area contributed by atoms with E-state index in [0.29, 0.717) is 0 Å². The van der Waals surface area contributed by atoms with Crippen LogP contribution in [0.25, 0.3) is 27.8 Å². The topological polar surface area (TPSA) is 30.7 Å². The standard InChI is InChI=1S/C21H19N3S/c1-3-25-21-19-18(16-9-5-4-6-10-16)13-24(20(19)22-14-23-21)17-11-7-8-15(2)12-17/h4-14H,3H2,1-2H3. The van der Waals surface area contributed by atoms with Crippen molar-refractivity contribution in [2.45, 2.75) is 18.9 Å². The number of aromatic nitrogens is 3. The van der Waals surface area contributed by atoms with E-state index in [1.807, 2.05) is 6.07 Å². The van der Waals surface area contributed by atoms with Crippen LogP contribution in [-0.4, -0.2) is 20.3 Å². The van der Waals surface area contributed by atoms with Crippen molar-refractivity contribution in [2.24, 2.45) is 0 Å². The molecular weight excluding hydrogens is 326 g/mol. The SMILES string of the molecule is CCSc1ncnc2c1c(-c1ccccc1)cn2-c1cccc(C)c1. The maximum absolute atomic E-state index is 4.61. The van der Waals surface area contributed by atoms with Gasteiger partial charge in [-0.05, 0) is 35.9 Å². The molecule has 2 heterocycles. The lowest BCUT2D eigenvalue weighted by Gasteiger charge is -2.06. The van der Waals surface area contributed by atoms with Gasteiger partial charge in [0.25, 0.3) is 0 Å². The highest BCUT2D eigenvalue weighted by Crippen LogP contribution is 2.36. The molecule has 0 aliphatic heterocycles. The Kier molecular flexibility index (Phi) is 4.28. The first kappa shape index (κ1) is 15.9. The van der Waals surface area contributed by atoms with E-state index in [-0.39, 0.29) is 0 Å². The average molecular weight is 345 g/mol. The molecule has 2 aromatic heterocycles. The molecule has 0 amide bonds. The number of hydrogen-bond acceptors (Lipinski definition) is 3. The summed E-state index contributed by atoms with van der Waals surface area (Å²) < 4.78 is 2.17. The van der Waals surface area contributed by atoms with Crippen LogP contribution in [0.2, 0.25) is 0 Å². The van der Waals surface area contributed by atoms with Crippen molar-refractivity contribution in [3.63, 3.8) is 0 Å². The van der Waals surface area contributed by atoms with Gasteiger partial charge in [-0.15, -0.1) is 11.8 Å². The summed E-state index contributed by atoms with van der Waals surface area (Å²) in [4.78, 5) is 9.16. The second kappa shape index (κ2) is 6.73. The van der Waals surface area contributed by atoms with Gasteiger partial charge < -0.3 is 4.57 Å². The number of hydrogen-bond donors (Lipinski definition) is 0. The molecule has 0 fully saturated rings. The van der Waals surface area contributed by atoms with Crippen molar-refractivity contribution in [3.8, 4) is 16.8 Å². The van der Waals surface area contributed by atoms with Crippen molar-refractivity contribution in [2.75, 3.05) is 5.75 Å². The van der Waals surface area contributed by atoms with Crippen LogP contribution in [0, 0.1) is 6.92 Å². The molecule has 0 spiro atoms. The van der Waals surface area contributed by atoms with Crippen LogP contribution in [0.3, 0.4) is 0 Å². The summed E-state index contributed by atoms with van der Waals surface area (Å²) in [7, 11) is 0. The second-order valence-corrected chi connectivity index (χ2v) is 7.18. The third-order valence-corrected chi connectivity index (χ3v) is 5.07. The molecule has 0 saturated carbocycles. The molecule has 0 unspecified atom stereocenters. The quantitative estimate of drug-likeness (QED) is 0.361. The molecule has 4 aromatic rings. The molecule has 25 heavy (non-hydrogen) atoms. The van der Waals surface area contributed by atoms with Crippen LogP contribution >= 0.6 is 11.8 Å². The molecule has 0 aliphatic rings. The number of nitrogens with zero attached hydrogens (tertiary/aromatic N) is 3. The van der Waals surface area contributed by atoms with Gasteiger partial charge in [0.2, 0.25) is 0 Å². The van der Waals surface area contributed by atoms with Crippen molar-refractivity contribution in [1.29, 1.82) is 0 Å². The van der Waals surface area contributed by atoms with Gasteiger partial charge in [-0.3, -0.25) is 0 Å². The zero-order valence-electron chi connectivity index (χ0n) is 14.3. The van der Waals surface area contributed by atoms with Crippen LogP contribution in [0.15, 0.2) is 72.1 Å². The van der Waals surface area contributed by atoms with E-state index < -0.39 is 0 Å². The van der Waals surface area contributed by atoms with E-state index in [4.69, 9.17) is 0 Å². The molecule has 124 valence electrons. The molecule has 3 nitrogen and oxygen atoms in total. The summed E-state index contributed by atoms with van der Waals surface area (Å²) in [6.07, 6.45) is 3.85. The summed E-state index contributed by atoms with van der Waals surface area (Å²) in [6, 6.07) is 19.0. The Morgan fingerprint density at radius 1 is 1.00 bits per heavy atom. The van der Waals surface area contributed by atoms with Crippen molar-refractivity contribution in [1.82, 2.24) is 14.5 Å². The third-order valence-electron chi connectivity index (χ3n) is 4.19. The lowest BCUT2D eigenvalue weighted by molar-refractivity contribution is 1.04. The van der Waals surface area contributed by atoms with Gasteiger partial charge in [-0.25, -0.2) is 9.97 Å². The minimum Gasteiger partial charge on any atom is -0.301 e. The average Bonchev–Trinajstić information content (AvgIpc) is 3.03. The summed E-state index contributed by atoms with van der Waals surface area (Å²) in [5.74, 6) is 0.982. The Labute approximate surface area is 151 Å². The first-order chi connectivity index (χ1) is 12.3. The van der Waals surface area contributed by atoms with Crippen molar-refractivity contribution >= 4 is 22.8 Å². The molecule has 4 rings (SSSR count). The van der Waals surface area contributed by atoms with Gasteiger partial charge in [0.1, 0.15) is 17.0 Å². The monoisotopic (exact) mass is 345 g/mol. The van der Waals surface area contributed by atoms with Crippen LogP contribution in [-0.2, 0) is 0 Å². The first-order valence-electron chi connectivity index (χ1n) is 8.39. The number of benzene rings is 2. The Hall–Kier alpha value is -2.59. The third kappa shape index (κ3) is 2.94. The fraction of sp³-hybridized carbons (Fsp3) is 0.143. The van der Waals surface area contributed by atoms with Gasteiger partial charge in [0, 0.05) is 17.4 Å². The number of fused-ring (bicyclic) bond motifs is 1. The van der Waals surface area contributed by atoms with Gasteiger partial charge in [-0.2, -0.15) is 0 Å². The van der Waals surface area contributed by atoms with E-state index in [9.17, 15) is 0 Å². The van der Waals surface area contributed by atoms with Gasteiger partial charge in [0.15, 0.2) is 0 Å². The zero-order chi connectivity index (χ0) is 17.2. The van der Waals surface area contributed by atoms with E-state index in [0.717, 1.165) is 27.5 Å². The minimum absolute atomic E-state index is 0.954. The van der Waals surface area contributed by atoms with E-state index in [1.165, 1.54) is 16.7 Å². The summed E-state index contributed by atoms with van der Waals surface area (Å²) >= 11 is 1.76. The Balaban J connectivity index is 2.04. The molecule has 2 aromatic carbocycles. The van der Waals surface area contributed by atoms with E-state index >= 15 is 0 Å². The number of aryl methyl sites for hydroxylation is 1. The molecule has 0 atom stereocenters. The van der Waals surface area contributed by atoms with Crippen LogP contribution in [0.1, 0.15) is 12.5 Å². The highest BCUT2D eigenvalue weighted by molar-refractivity contribution is 7.99. The minimum atomic E-state index is 0.954. The normalized spacial score (nSPS) is 11.1. The lowest BCUT2D eigenvalue weighted by Crippen LogP contribution is -1.95. The zero-order valence-corrected chi connectivity index (χ0v) is 15.1. The molecule has 0 aliphatic carbocycles. The molecule has 4 heteroatoms. The maximum Gasteiger partial charge on any atom is 0.149 e. The Morgan fingerprint density at radius 3 is 2.60 bits per heavy atom. The molecule has 0 radical (unpaired) electrons. The first-order valence-corrected chi connectivity index (χ1v) is 9.38. The fourth-order valence-corrected chi connectivity index (χ4v) is 3.83. The second-order valence-electron chi connectivity index (χ2n) is 5.93. The van der Waals surface area contributed by atoms with Gasteiger partial charge in [0.05, 0.1) is 5.39 Å². The van der Waals surface area contributed by atoms with Gasteiger partial charge >= 0.3 is 0 Å². The summed E-state index contributed by atoms with van der Waals surface area (Å²) in [5, 5.41) is 2.17. The highest BCUT2D eigenvalue weighted by Gasteiger charge is 2.17. The fourth-order valence-electron chi connectivity index (χ4n) is 3.09. The van der Waals surface area contributed by atoms with Crippen LogP contribution in [0.4, 0.5) is 0 Å². The van der Waals surface area contributed by atoms with E-state index in [1.54, 1.807) is 18.1 Å². The van der Waals surface area contributed by atoms with Gasteiger partial charge in [-0.1, -0.05) is 49.4 Å². The highest BCUT2D eigenvalue weighted by atomic mass is 32.2. The predicted molar refractivity (Wildman–Crippen MR) is 105 cm³/mol.